The van der Waals surface area contributed by atoms with E-state index >= 15 is 0 Å². The summed E-state index contributed by atoms with van der Waals surface area (Å²) in [5.74, 6) is -0.766. The Morgan fingerprint density at radius 2 is 1.88 bits per heavy atom. The smallest absolute Gasteiger partial charge is 0.272 e. The lowest BCUT2D eigenvalue weighted by Crippen LogP contribution is -2.63. The standard InChI is InChI=1S/C24H38N6O4/c1-24(23(33)26-18-8-5-3-4-6-9-18)17-30-20(22(32)28(24)2)16-19(27-30)21(31)25-10-7-11-29-12-14-34-15-13-29/h16,18H,3-15,17H2,1-2H3,(H,25,31)(H,26,33)/t24-/m0/s1. The fraction of sp³-hybridized carbons (Fsp3) is 0.750. The first-order chi connectivity index (χ1) is 16.4. The molecule has 1 saturated carbocycles. The summed E-state index contributed by atoms with van der Waals surface area (Å²) in [6.45, 7) is 6.78. The molecule has 1 atom stereocenters. The van der Waals surface area contributed by atoms with Crippen molar-refractivity contribution in [2.24, 2.45) is 0 Å². The third-order valence-corrected chi connectivity index (χ3v) is 7.45. The Kier molecular flexibility index (Phi) is 7.88. The van der Waals surface area contributed by atoms with E-state index in [9.17, 15) is 14.4 Å². The number of fused-ring (bicyclic) bond motifs is 1. The molecule has 3 amide bonds. The van der Waals surface area contributed by atoms with Gasteiger partial charge in [-0.2, -0.15) is 5.10 Å². The van der Waals surface area contributed by atoms with Crippen LogP contribution in [0.5, 0.6) is 0 Å². The molecule has 2 fully saturated rings. The zero-order chi connectivity index (χ0) is 24.1. The summed E-state index contributed by atoms with van der Waals surface area (Å²) in [7, 11) is 1.65. The van der Waals surface area contributed by atoms with E-state index < -0.39 is 5.54 Å². The van der Waals surface area contributed by atoms with Gasteiger partial charge in [0, 0.05) is 38.8 Å². The minimum atomic E-state index is -1.06. The van der Waals surface area contributed by atoms with E-state index in [0.29, 0.717) is 12.2 Å². The van der Waals surface area contributed by atoms with Gasteiger partial charge in [0.15, 0.2) is 5.69 Å². The fourth-order valence-corrected chi connectivity index (χ4v) is 5.02. The number of rotatable bonds is 7. The van der Waals surface area contributed by atoms with Gasteiger partial charge in [-0.25, -0.2) is 0 Å². The molecular formula is C24H38N6O4. The van der Waals surface area contributed by atoms with Gasteiger partial charge in [-0.05, 0) is 32.7 Å². The van der Waals surface area contributed by atoms with E-state index in [1.165, 1.54) is 28.5 Å². The molecule has 0 bridgehead atoms. The van der Waals surface area contributed by atoms with Gasteiger partial charge in [0.25, 0.3) is 11.8 Å². The Hall–Kier alpha value is -2.46. The summed E-state index contributed by atoms with van der Waals surface area (Å²) < 4.78 is 6.86. The number of ether oxygens (including phenoxy) is 1. The number of hydrogen-bond acceptors (Lipinski definition) is 6. The summed E-state index contributed by atoms with van der Waals surface area (Å²) >= 11 is 0. The second-order valence-corrected chi connectivity index (χ2v) is 9.94. The van der Waals surface area contributed by atoms with Gasteiger partial charge < -0.3 is 20.3 Å². The second kappa shape index (κ2) is 10.9. The molecule has 2 aliphatic heterocycles. The van der Waals surface area contributed by atoms with Gasteiger partial charge in [-0.3, -0.25) is 24.0 Å². The van der Waals surface area contributed by atoms with Crippen LogP contribution >= 0.6 is 0 Å². The average molecular weight is 475 g/mol. The third-order valence-electron chi connectivity index (χ3n) is 7.45. The monoisotopic (exact) mass is 474 g/mol. The van der Waals surface area contributed by atoms with E-state index in [-0.39, 0.29) is 36.0 Å². The van der Waals surface area contributed by atoms with Gasteiger partial charge in [-0.15, -0.1) is 0 Å². The average Bonchev–Trinajstić information content (AvgIpc) is 3.09. The topological polar surface area (TPSA) is 109 Å². The van der Waals surface area contributed by atoms with Crippen LogP contribution in [0.4, 0.5) is 0 Å². The lowest BCUT2D eigenvalue weighted by Gasteiger charge is -2.41. The zero-order valence-corrected chi connectivity index (χ0v) is 20.5. The van der Waals surface area contributed by atoms with Crippen LogP contribution in [0.1, 0.15) is 72.8 Å². The summed E-state index contributed by atoms with van der Waals surface area (Å²) in [5, 5.41) is 10.5. The van der Waals surface area contributed by atoms with Crippen molar-refractivity contribution >= 4 is 17.7 Å². The highest BCUT2D eigenvalue weighted by atomic mass is 16.5. The molecule has 0 radical (unpaired) electrons. The molecule has 3 aliphatic rings. The molecule has 2 N–H and O–H groups in total. The molecule has 1 aliphatic carbocycles. The molecule has 1 saturated heterocycles. The maximum atomic E-state index is 13.3. The number of nitrogens with zero attached hydrogens (tertiary/aromatic N) is 4. The van der Waals surface area contributed by atoms with Crippen molar-refractivity contribution in [2.45, 2.75) is 70.0 Å². The highest BCUT2D eigenvalue weighted by Crippen LogP contribution is 2.27. The highest BCUT2D eigenvalue weighted by molar-refractivity contribution is 6.01. The molecule has 1 aromatic heterocycles. The first-order valence-electron chi connectivity index (χ1n) is 12.6. The van der Waals surface area contributed by atoms with Crippen molar-refractivity contribution in [1.82, 2.24) is 30.2 Å². The summed E-state index contributed by atoms with van der Waals surface area (Å²) in [5.41, 5.74) is -0.522. The van der Waals surface area contributed by atoms with Crippen LogP contribution in [0.2, 0.25) is 0 Å². The van der Waals surface area contributed by atoms with Gasteiger partial charge in [0.1, 0.15) is 11.2 Å². The van der Waals surface area contributed by atoms with Crippen molar-refractivity contribution in [3.8, 4) is 0 Å². The molecular weight excluding hydrogens is 436 g/mol. The second-order valence-electron chi connectivity index (χ2n) is 9.94. The van der Waals surface area contributed by atoms with Crippen LogP contribution in [0.25, 0.3) is 0 Å². The number of likely N-dealkylation sites (N-methyl/N-ethyl adjacent to an activating group) is 1. The zero-order valence-electron chi connectivity index (χ0n) is 20.5. The van der Waals surface area contributed by atoms with Crippen LogP contribution in [0.3, 0.4) is 0 Å². The number of morpholine rings is 1. The van der Waals surface area contributed by atoms with Crippen LogP contribution in [0, 0.1) is 0 Å². The van der Waals surface area contributed by atoms with E-state index in [4.69, 9.17) is 4.74 Å². The molecule has 34 heavy (non-hydrogen) atoms. The Labute approximate surface area is 201 Å². The Morgan fingerprint density at radius 1 is 1.18 bits per heavy atom. The van der Waals surface area contributed by atoms with Crippen molar-refractivity contribution in [1.29, 1.82) is 0 Å². The molecule has 10 heteroatoms. The molecule has 0 spiro atoms. The van der Waals surface area contributed by atoms with Gasteiger partial charge in [0.2, 0.25) is 5.91 Å². The van der Waals surface area contributed by atoms with Crippen molar-refractivity contribution in [3.05, 3.63) is 17.5 Å². The van der Waals surface area contributed by atoms with E-state index in [0.717, 1.165) is 65.0 Å². The molecule has 10 nitrogen and oxygen atoms in total. The minimum Gasteiger partial charge on any atom is -0.379 e. The summed E-state index contributed by atoms with van der Waals surface area (Å²) in [6.07, 6.45) is 7.42. The normalized spacial score (nSPS) is 24.4. The number of hydrogen-bond donors (Lipinski definition) is 2. The van der Waals surface area contributed by atoms with Crippen LogP contribution in [0.15, 0.2) is 6.07 Å². The molecule has 0 unspecified atom stereocenters. The van der Waals surface area contributed by atoms with Gasteiger partial charge >= 0.3 is 0 Å². The van der Waals surface area contributed by atoms with Crippen LogP contribution < -0.4 is 10.6 Å². The number of nitrogens with one attached hydrogen (secondary N) is 2. The van der Waals surface area contributed by atoms with E-state index in [2.05, 4.69) is 20.6 Å². The van der Waals surface area contributed by atoms with Crippen LogP contribution in [-0.2, 0) is 16.1 Å². The first kappa shape index (κ1) is 24.7. The van der Waals surface area contributed by atoms with E-state index in [1.807, 2.05) is 0 Å². The highest BCUT2D eigenvalue weighted by Gasteiger charge is 2.46. The quantitative estimate of drug-likeness (QED) is 0.451. The molecule has 0 aromatic carbocycles. The minimum absolute atomic E-state index is 0.146. The SMILES string of the molecule is CN1C(=O)c2cc(C(=O)NCCCN3CCOCC3)nn2C[C@@]1(C)C(=O)NC1CCCCCC1. The predicted octanol–water partition coefficient (Wildman–Crippen LogP) is 1.02. The van der Waals surface area contributed by atoms with Crippen molar-refractivity contribution < 1.29 is 19.1 Å². The molecule has 1 aromatic rings. The predicted molar refractivity (Wildman–Crippen MR) is 127 cm³/mol. The summed E-state index contributed by atoms with van der Waals surface area (Å²) in [6, 6.07) is 1.67. The Morgan fingerprint density at radius 3 is 2.59 bits per heavy atom. The number of carbonyl (C=O) groups excluding carboxylic acids is 3. The largest absolute Gasteiger partial charge is 0.379 e. The third kappa shape index (κ3) is 5.43. The molecule has 4 rings (SSSR count). The number of amides is 3. The van der Waals surface area contributed by atoms with Gasteiger partial charge in [-0.1, -0.05) is 25.7 Å². The molecule has 3 heterocycles. The molecule has 188 valence electrons. The van der Waals surface area contributed by atoms with Crippen LogP contribution in [-0.4, -0.2) is 95.3 Å². The van der Waals surface area contributed by atoms with Crippen molar-refractivity contribution in [2.75, 3.05) is 46.4 Å². The van der Waals surface area contributed by atoms with Crippen molar-refractivity contribution in [3.63, 3.8) is 0 Å². The first-order valence-corrected chi connectivity index (χ1v) is 12.6. The maximum Gasteiger partial charge on any atom is 0.272 e. The number of aromatic nitrogens is 2. The lowest BCUT2D eigenvalue weighted by atomic mass is 9.95. The Bertz CT molecular complexity index is 888. The van der Waals surface area contributed by atoms with Gasteiger partial charge in [0.05, 0.1) is 19.8 Å². The summed E-state index contributed by atoms with van der Waals surface area (Å²) in [4.78, 5) is 42.8. The fourth-order valence-electron chi connectivity index (χ4n) is 5.02. The number of carbonyl (C=O) groups is 3. The lowest BCUT2D eigenvalue weighted by molar-refractivity contribution is -0.133. The van der Waals surface area contributed by atoms with E-state index in [1.54, 1.807) is 14.0 Å². The maximum absolute atomic E-state index is 13.3. The Balaban J connectivity index is 1.36.